The maximum Gasteiger partial charge on any atom is 0.238 e. The molecule has 4 nitrogen and oxygen atoms in total. The number of fused-ring (bicyclic) bond motifs is 5. The fourth-order valence-corrected chi connectivity index (χ4v) is 4.69. The molecule has 21 heavy (non-hydrogen) atoms. The molecule has 0 aromatic heterocycles. The Morgan fingerprint density at radius 2 is 1.86 bits per heavy atom. The minimum atomic E-state index is 0.0393. The molecule has 3 saturated carbocycles. The van der Waals surface area contributed by atoms with Crippen LogP contribution < -0.4 is 15.4 Å². The summed E-state index contributed by atoms with van der Waals surface area (Å²) >= 11 is 0. The van der Waals surface area contributed by atoms with Crippen molar-refractivity contribution >= 4 is 11.6 Å². The average Bonchev–Trinajstić information content (AvgIpc) is 2.88. The summed E-state index contributed by atoms with van der Waals surface area (Å²) in [5.74, 6) is 4.48. The van der Waals surface area contributed by atoms with E-state index in [0.29, 0.717) is 12.6 Å². The summed E-state index contributed by atoms with van der Waals surface area (Å²) in [5, 5.41) is 6.39. The molecule has 112 valence electrons. The Bertz CT molecular complexity index is 526. The minimum Gasteiger partial charge on any atom is -0.497 e. The van der Waals surface area contributed by atoms with Gasteiger partial charge in [-0.15, -0.1) is 0 Å². The van der Waals surface area contributed by atoms with E-state index in [2.05, 4.69) is 10.6 Å². The molecule has 3 aliphatic carbocycles. The van der Waals surface area contributed by atoms with Gasteiger partial charge in [0.15, 0.2) is 0 Å². The van der Waals surface area contributed by atoms with Crippen molar-refractivity contribution in [2.24, 2.45) is 23.7 Å². The standard InChI is InChI=1S/C17H22N2O2/c1-21-13-6-4-12(5-7-13)19-14(20)9-18-17-15-10-2-3-11(8-10)16(15)17/h4-7,10-11,15-18H,2-3,8-9H2,1H3,(H,19,20). The quantitative estimate of drug-likeness (QED) is 0.873. The average molecular weight is 286 g/mol. The van der Waals surface area contributed by atoms with E-state index in [0.717, 1.165) is 35.1 Å². The molecule has 0 heterocycles. The first-order valence-electron chi connectivity index (χ1n) is 7.93. The Morgan fingerprint density at radius 3 is 2.48 bits per heavy atom. The first-order chi connectivity index (χ1) is 10.3. The smallest absolute Gasteiger partial charge is 0.238 e. The monoisotopic (exact) mass is 286 g/mol. The number of anilines is 1. The Morgan fingerprint density at radius 1 is 1.19 bits per heavy atom. The molecule has 2 bridgehead atoms. The van der Waals surface area contributed by atoms with Crippen LogP contribution in [0.3, 0.4) is 0 Å². The summed E-state index contributed by atoms with van der Waals surface area (Å²) < 4.78 is 5.10. The van der Waals surface area contributed by atoms with Gasteiger partial charge in [-0.3, -0.25) is 4.79 Å². The van der Waals surface area contributed by atoms with Gasteiger partial charge in [0, 0.05) is 11.7 Å². The van der Waals surface area contributed by atoms with E-state index in [4.69, 9.17) is 4.74 Å². The molecule has 2 N–H and O–H groups in total. The number of ether oxygens (including phenoxy) is 1. The van der Waals surface area contributed by atoms with Crippen molar-refractivity contribution < 1.29 is 9.53 Å². The normalized spacial score (nSPS) is 35.4. The Balaban J connectivity index is 1.25. The van der Waals surface area contributed by atoms with Gasteiger partial charge >= 0.3 is 0 Å². The summed E-state index contributed by atoms with van der Waals surface area (Å²) in [6, 6.07) is 8.04. The van der Waals surface area contributed by atoms with E-state index in [-0.39, 0.29) is 5.91 Å². The summed E-state index contributed by atoms with van der Waals surface area (Å²) in [6.07, 6.45) is 4.29. The van der Waals surface area contributed by atoms with E-state index in [1.54, 1.807) is 7.11 Å². The third kappa shape index (κ3) is 2.31. The topological polar surface area (TPSA) is 50.4 Å². The lowest BCUT2D eigenvalue weighted by Gasteiger charge is -2.11. The Hall–Kier alpha value is -1.55. The third-order valence-electron chi connectivity index (χ3n) is 5.61. The highest BCUT2D eigenvalue weighted by Gasteiger charge is 2.64. The molecule has 4 heteroatoms. The first kappa shape index (κ1) is 13.1. The number of nitrogens with one attached hydrogen (secondary N) is 2. The fourth-order valence-electron chi connectivity index (χ4n) is 4.69. The molecule has 0 aliphatic heterocycles. The largest absolute Gasteiger partial charge is 0.497 e. The van der Waals surface area contributed by atoms with Gasteiger partial charge in [0.2, 0.25) is 5.91 Å². The van der Waals surface area contributed by atoms with E-state index in [1.807, 2.05) is 24.3 Å². The van der Waals surface area contributed by atoms with Crippen LogP contribution in [-0.2, 0) is 4.79 Å². The van der Waals surface area contributed by atoms with Crippen LogP contribution in [-0.4, -0.2) is 25.6 Å². The first-order valence-corrected chi connectivity index (χ1v) is 7.93. The molecule has 3 fully saturated rings. The number of methoxy groups -OCH3 is 1. The lowest BCUT2D eigenvalue weighted by Crippen LogP contribution is -2.32. The summed E-state index contributed by atoms with van der Waals surface area (Å²) in [5.41, 5.74) is 0.818. The number of hydrogen-bond acceptors (Lipinski definition) is 3. The van der Waals surface area contributed by atoms with Crippen LogP contribution in [0.4, 0.5) is 5.69 Å². The van der Waals surface area contributed by atoms with Crippen molar-refractivity contribution in [2.45, 2.75) is 25.3 Å². The van der Waals surface area contributed by atoms with Crippen molar-refractivity contribution in [3.8, 4) is 5.75 Å². The highest BCUT2D eigenvalue weighted by Crippen LogP contribution is 2.65. The number of carbonyl (C=O) groups excluding carboxylic acids is 1. The molecule has 1 amide bonds. The molecule has 1 aromatic rings. The van der Waals surface area contributed by atoms with Crippen molar-refractivity contribution in [3.63, 3.8) is 0 Å². The number of amides is 1. The summed E-state index contributed by atoms with van der Waals surface area (Å²) in [6.45, 7) is 0.420. The maximum atomic E-state index is 12.0. The van der Waals surface area contributed by atoms with Crippen LogP contribution in [0.25, 0.3) is 0 Å². The van der Waals surface area contributed by atoms with Gasteiger partial charge in [-0.05, 0) is 67.2 Å². The zero-order chi connectivity index (χ0) is 14.4. The Labute approximate surface area is 125 Å². The van der Waals surface area contributed by atoms with Gasteiger partial charge in [-0.2, -0.15) is 0 Å². The summed E-state index contributed by atoms with van der Waals surface area (Å²) in [7, 11) is 1.64. The predicted octanol–water partition coefficient (Wildman–Crippen LogP) is 2.27. The van der Waals surface area contributed by atoms with Gasteiger partial charge in [0.25, 0.3) is 0 Å². The maximum absolute atomic E-state index is 12.0. The van der Waals surface area contributed by atoms with E-state index in [1.165, 1.54) is 19.3 Å². The minimum absolute atomic E-state index is 0.0393. The van der Waals surface area contributed by atoms with Crippen molar-refractivity contribution in [3.05, 3.63) is 24.3 Å². The SMILES string of the molecule is COc1ccc(NC(=O)CNC2C3C4CCC(C4)C23)cc1. The van der Waals surface area contributed by atoms with Crippen molar-refractivity contribution in [2.75, 3.05) is 19.0 Å². The summed E-state index contributed by atoms with van der Waals surface area (Å²) in [4.78, 5) is 12.0. The molecule has 0 radical (unpaired) electrons. The molecular weight excluding hydrogens is 264 g/mol. The van der Waals surface area contributed by atoms with E-state index < -0.39 is 0 Å². The van der Waals surface area contributed by atoms with E-state index >= 15 is 0 Å². The molecule has 0 spiro atoms. The number of benzene rings is 1. The zero-order valence-electron chi connectivity index (χ0n) is 12.3. The van der Waals surface area contributed by atoms with Crippen LogP contribution in [0, 0.1) is 23.7 Å². The van der Waals surface area contributed by atoms with Gasteiger partial charge < -0.3 is 15.4 Å². The van der Waals surface area contributed by atoms with Gasteiger partial charge in [-0.1, -0.05) is 0 Å². The molecule has 3 aliphatic rings. The van der Waals surface area contributed by atoms with Crippen LogP contribution in [0.1, 0.15) is 19.3 Å². The second kappa shape index (κ2) is 5.02. The lowest BCUT2D eigenvalue weighted by atomic mass is 10.0. The number of hydrogen-bond donors (Lipinski definition) is 2. The van der Waals surface area contributed by atoms with Crippen LogP contribution in [0.15, 0.2) is 24.3 Å². The van der Waals surface area contributed by atoms with Crippen LogP contribution >= 0.6 is 0 Å². The van der Waals surface area contributed by atoms with Crippen LogP contribution in [0.5, 0.6) is 5.75 Å². The van der Waals surface area contributed by atoms with E-state index in [9.17, 15) is 4.79 Å². The van der Waals surface area contributed by atoms with Gasteiger partial charge in [-0.25, -0.2) is 0 Å². The second-order valence-electron chi connectivity index (χ2n) is 6.67. The molecule has 0 saturated heterocycles. The molecular formula is C17H22N2O2. The number of carbonyl (C=O) groups is 1. The zero-order valence-corrected chi connectivity index (χ0v) is 12.3. The van der Waals surface area contributed by atoms with Crippen molar-refractivity contribution in [1.29, 1.82) is 0 Å². The highest BCUT2D eigenvalue weighted by atomic mass is 16.5. The Kier molecular flexibility index (Phi) is 3.14. The van der Waals surface area contributed by atoms with Crippen LogP contribution in [0.2, 0.25) is 0 Å². The van der Waals surface area contributed by atoms with Gasteiger partial charge in [0.1, 0.15) is 5.75 Å². The predicted molar refractivity (Wildman–Crippen MR) is 81.2 cm³/mol. The highest BCUT2D eigenvalue weighted by molar-refractivity contribution is 5.92. The molecule has 4 rings (SSSR count). The van der Waals surface area contributed by atoms with Crippen molar-refractivity contribution in [1.82, 2.24) is 5.32 Å². The fraction of sp³-hybridized carbons (Fsp3) is 0.588. The molecule has 4 unspecified atom stereocenters. The third-order valence-corrected chi connectivity index (χ3v) is 5.61. The number of rotatable bonds is 5. The molecule has 4 atom stereocenters. The lowest BCUT2D eigenvalue weighted by molar-refractivity contribution is -0.115. The van der Waals surface area contributed by atoms with Gasteiger partial charge in [0.05, 0.1) is 13.7 Å². The second-order valence-corrected chi connectivity index (χ2v) is 6.67. The molecule has 1 aromatic carbocycles.